The summed E-state index contributed by atoms with van der Waals surface area (Å²) < 4.78 is 16.3. The Hall–Kier alpha value is -1.56. The summed E-state index contributed by atoms with van der Waals surface area (Å²) in [7, 11) is 1.72. The van der Waals surface area contributed by atoms with E-state index >= 15 is 0 Å². The maximum Gasteiger partial charge on any atom is 0.513 e. The molecule has 2 saturated carbocycles. The lowest BCUT2D eigenvalue weighted by Gasteiger charge is -2.38. The van der Waals surface area contributed by atoms with Crippen LogP contribution in [0.25, 0.3) is 0 Å². The van der Waals surface area contributed by atoms with Crippen LogP contribution >= 0.6 is 0 Å². The Bertz CT molecular complexity index is 606. The molecule has 0 bridgehead atoms. The molecule has 0 aromatic heterocycles. The third-order valence-corrected chi connectivity index (χ3v) is 6.67. The number of hydrogen-bond acceptors (Lipinski definition) is 5. The second-order valence-corrected chi connectivity index (χ2v) is 8.50. The second-order valence-electron chi connectivity index (χ2n) is 8.50. The van der Waals surface area contributed by atoms with Gasteiger partial charge in [0.05, 0.1) is 23.8 Å². The molecular formula is C21H33NO5. The molecule has 1 amide bonds. The van der Waals surface area contributed by atoms with Crippen molar-refractivity contribution in [3.05, 3.63) is 11.3 Å². The monoisotopic (exact) mass is 379 g/mol. The molecule has 0 aromatic rings. The number of methoxy groups -OCH3 is 1. The van der Waals surface area contributed by atoms with Crippen molar-refractivity contribution in [3.8, 4) is 0 Å². The van der Waals surface area contributed by atoms with E-state index in [1.807, 2.05) is 0 Å². The number of nitrogens with one attached hydrogen (secondary N) is 1. The molecule has 3 aliphatic rings. The Morgan fingerprint density at radius 2 is 1.89 bits per heavy atom. The predicted molar refractivity (Wildman–Crippen MR) is 101 cm³/mol. The van der Waals surface area contributed by atoms with Crippen LogP contribution in [-0.4, -0.2) is 37.4 Å². The fraction of sp³-hybridized carbons (Fsp3) is 0.810. The highest BCUT2D eigenvalue weighted by Gasteiger charge is 2.52. The van der Waals surface area contributed by atoms with Crippen molar-refractivity contribution >= 4 is 12.1 Å². The van der Waals surface area contributed by atoms with Gasteiger partial charge in [-0.3, -0.25) is 4.79 Å². The van der Waals surface area contributed by atoms with Crippen LogP contribution < -0.4 is 5.32 Å². The molecular weight excluding hydrogens is 346 g/mol. The first-order chi connectivity index (χ1) is 12.9. The number of ether oxygens (including phenoxy) is 3. The molecule has 1 spiro atoms. The first-order valence-electron chi connectivity index (χ1n) is 10.3. The Morgan fingerprint density at radius 3 is 2.52 bits per heavy atom. The third-order valence-electron chi connectivity index (χ3n) is 6.67. The molecule has 3 atom stereocenters. The van der Waals surface area contributed by atoms with Crippen LogP contribution in [0, 0.1) is 17.8 Å². The van der Waals surface area contributed by atoms with Crippen LogP contribution in [0.15, 0.2) is 11.3 Å². The van der Waals surface area contributed by atoms with Gasteiger partial charge in [-0.15, -0.1) is 0 Å². The number of amides is 1. The van der Waals surface area contributed by atoms with Crippen molar-refractivity contribution in [1.29, 1.82) is 0 Å². The SMILES string of the molecule is CCOC(=O)OC1=C(C2CC(C)CCC2C)C(=O)NC12CCC(OC)CC2. The van der Waals surface area contributed by atoms with Gasteiger partial charge in [0.15, 0.2) is 0 Å². The van der Waals surface area contributed by atoms with Gasteiger partial charge in [0.2, 0.25) is 0 Å². The molecule has 1 aliphatic heterocycles. The second kappa shape index (κ2) is 8.21. The topological polar surface area (TPSA) is 73.9 Å². The molecule has 6 heteroatoms. The summed E-state index contributed by atoms with van der Waals surface area (Å²) in [5.41, 5.74) is 0.0761. The molecule has 1 heterocycles. The van der Waals surface area contributed by atoms with E-state index in [4.69, 9.17) is 14.2 Å². The lowest BCUT2D eigenvalue weighted by atomic mass is 9.71. The number of carbonyl (C=O) groups is 2. The summed E-state index contributed by atoms with van der Waals surface area (Å²) in [6.45, 7) is 6.43. The average Bonchev–Trinajstić information content (AvgIpc) is 2.89. The van der Waals surface area contributed by atoms with Crippen molar-refractivity contribution in [2.45, 2.75) is 77.4 Å². The summed E-state index contributed by atoms with van der Waals surface area (Å²) in [6.07, 6.45) is 5.79. The van der Waals surface area contributed by atoms with Crippen LogP contribution in [-0.2, 0) is 19.0 Å². The van der Waals surface area contributed by atoms with E-state index in [9.17, 15) is 9.59 Å². The molecule has 3 unspecified atom stereocenters. The van der Waals surface area contributed by atoms with Crippen molar-refractivity contribution in [2.75, 3.05) is 13.7 Å². The smallest absolute Gasteiger partial charge is 0.434 e. The van der Waals surface area contributed by atoms with Crippen LogP contribution in [0.4, 0.5) is 4.79 Å². The molecule has 1 N–H and O–H groups in total. The van der Waals surface area contributed by atoms with Crippen molar-refractivity contribution in [2.24, 2.45) is 17.8 Å². The van der Waals surface area contributed by atoms with E-state index in [2.05, 4.69) is 19.2 Å². The number of carbonyl (C=O) groups excluding carboxylic acids is 2. The minimum Gasteiger partial charge on any atom is -0.434 e. The van der Waals surface area contributed by atoms with E-state index < -0.39 is 11.7 Å². The lowest BCUT2D eigenvalue weighted by Crippen LogP contribution is -2.49. The predicted octanol–water partition coefficient (Wildman–Crippen LogP) is 3.94. The van der Waals surface area contributed by atoms with E-state index in [0.717, 1.165) is 25.7 Å². The molecule has 3 rings (SSSR count). The van der Waals surface area contributed by atoms with Gasteiger partial charge in [-0.2, -0.15) is 0 Å². The van der Waals surface area contributed by atoms with Crippen LogP contribution in [0.1, 0.15) is 65.7 Å². The normalized spacial score (nSPS) is 36.7. The zero-order chi connectivity index (χ0) is 19.6. The van der Waals surface area contributed by atoms with Gasteiger partial charge in [-0.25, -0.2) is 4.79 Å². The maximum absolute atomic E-state index is 13.1. The average molecular weight is 379 g/mol. The van der Waals surface area contributed by atoms with Gasteiger partial charge in [0.1, 0.15) is 5.76 Å². The fourth-order valence-corrected chi connectivity index (χ4v) is 5.03. The molecule has 152 valence electrons. The van der Waals surface area contributed by atoms with E-state index in [1.165, 1.54) is 6.42 Å². The molecule has 6 nitrogen and oxygen atoms in total. The summed E-state index contributed by atoms with van der Waals surface area (Å²) in [6, 6.07) is 0. The van der Waals surface area contributed by atoms with Crippen molar-refractivity contribution < 1.29 is 23.8 Å². The highest BCUT2D eigenvalue weighted by Crippen LogP contribution is 2.47. The maximum atomic E-state index is 13.1. The molecule has 27 heavy (non-hydrogen) atoms. The minimum atomic E-state index is -0.716. The Balaban J connectivity index is 1.96. The molecule has 0 aromatic carbocycles. The highest BCUT2D eigenvalue weighted by atomic mass is 16.7. The van der Waals surface area contributed by atoms with Crippen LogP contribution in [0.2, 0.25) is 0 Å². The highest BCUT2D eigenvalue weighted by molar-refractivity contribution is 5.99. The fourth-order valence-electron chi connectivity index (χ4n) is 5.03. The zero-order valence-electron chi connectivity index (χ0n) is 17.0. The first kappa shape index (κ1) is 20.2. The Labute approximate surface area is 162 Å². The van der Waals surface area contributed by atoms with E-state index in [-0.39, 0.29) is 24.5 Å². The van der Waals surface area contributed by atoms with Gasteiger partial charge in [0.25, 0.3) is 5.91 Å². The minimum absolute atomic E-state index is 0.0730. The van der Waals surface area contributed by atoms with Gasteiger partial charge >= 0.3 is 6.16 Å². The van der Waals surface area contributed by atoms with Gasteiger partial charge < -0.3 is 19.5 Å². The van der Waals surface area contributed by atoms with Crippen LogP contribution in [0.3, 0.4) is 0 Å². The number of rotatable bonds is 4. The summed E-state index contributed by atoms with van der Waals surface area (Å²) in [5, 5.41) is 3.19. The van der Waals surface area contributed by atoms with E-state index in [1.54, 1.807) is 14.0 Å². The summed E-state index contributed by atoms with van der Waals surface area (Å²) in [4.78, 5) is 25.3. The molecule has 0 radical (unpaired) electrons. The van der Waals surface area contributed by atoms with Gasteiger partial charge in [-0.1, -0.05) is 20.3 Å². The Kier molecular flexibility index (Phi) is 6.14. The summed E-state index contributed by atoms with van der Waals surface area (Å²) in [5.74, 6) is 1.53. The van der Waals surface area contributed by atoms with Gasteiger partial charge in [-0.05, 0) is 63.2 Å². The van der Waals surface area contributed by atoms with Crippen molar-refractivity contribution in [3.63, 3.8) is 0 Å². The number of hydrogen-bond donors (Lipinski definition) is 1. The molecule has 0 saturated heterocycles. The summed E-state index contributed by atoms with van der Waals surface area (Å²) >= 11 is 0. The van der Waals surface area contributed by atoms with Crippen LogP contribution in [0.5, 0.6) is 0 Å². The Morgan fingerprint density at radius 1 is 1.19 bits per heavy atom. The molecule has 2 aliphatic carbocycles. The van der Waals surface area contributed by atoms with E-state index in [0.29, 0.717) is 36.0 Å². The third kappa shape index (κ3) is 4.00. The zero-order valence-corrected chi connectivity index (χ0v) is 17.0. The standard InChI is InChI=1S/C21H33NO5/c1-5-26-20(24)27-18-17(16-12-13(2)6-7-14(16)3)19(23)22-21(18)10-8-15(25-4)9-11-21/h13-16H,5-12H2,1-4H3,(H,22,23). The largest absolute Gasteiger partial charge is 0.513 e. The lowest BCUT2D eigenvalue weighted by molar-refractivity contribution is -0.119. The molecule has 2 fully saturated rings. The van der Waals surface area contributed by atoms with Gasteiger partial charge in [0, 0.05) is 7.11 Å². The first-order valence-corrected chi connectivity index (χ1v) is 10.3. The van der Waals surface area contributed by atoms with Crippen molar-refractivity contribution in [1.82, 2.24) is 5.32 Å². The quantitative estimate of drug-likeness (QED) is 0.749.